The quantitative estimate of drug-likeness (QED) is 0.593. The van der Waals surface area contributed by atoms with Crippen molar-refractivity contribution in [3.63, 3.8) is 0 Å². The molecule has 6 heteroatoms. The first-order chi connectivity index (χ1) is 12.5. The van der Waals surface area contributed by atoms with Crippen molar-refractivity contribution in [1.82, 2.24) is 4.57 Å². The van der Waals surface area contributed by atoms with Gasteiger partial charge in [0.25, 0.3) is 5.56 Å². The summed E-state index contributed by atoms with van der Waals surface area (Å²) >= 11 is 3.27. The van der Waals surface area contributed by atoms with Gasteiger partial charge in [-0.1, -0.05) is 30.3 Å². The van der Waals surface area contributed by atoms with Crippen LogP contribution in [0, 0.1) is 18.6 Å². The first kappa shape index (κ1) is 18.3. The Kier molecular flexibility index (Phi) is 5.52. The highest BCUT2D eigenvalue weighted by Gasteiger charge is 2.13. The molecule has 0 N–H and O–H groups in total. The molecule has 0 spiro atoms. The van der Waals surface area contributed by atoms with Crippen molar-refractivity contribution in [3.05, 3.63) is 97.9 Å². The second-order valence-corrected chi connectivity index (χ2v) is 6.66. The molecule has 1 heterocycles. The standard InChI is InChI=1S/C20H16BrF2NO2/c1-13-9-18(26-12-15-7-8-16(22)10-17(15)23)19(21)20(25)24(13)11-14-5-3-2-4-6-14/h2-10H,11-12H2,1H3. The molecule has 0 unspecified atom stereocenters. The third-order valence-electron chi connectivity index (χ3n) is 4.00. The first-order valence-corrected chi connectivity index (χ1v) is 8.75. The van der Waals surface area contributed by atoms with Crippen molar-refractivity contribution >= 4 is 15.9 Å². The Labute approximate surface area is 158 Å². The van der Waals surface area contributed by atoms with Crippen LogP contribution in [-0.4, -0.2) is 4.57 Å². The van der Waals surface area contributed by atoms with Crippen LogP contribution < -0.4 is 10.3 Å². The summed E-state index contributed by atoms with van der Waals surface area (Å²) in [6.45, 7) is 2.14. The zero-order valence-corrected chi connectivity index (χ0v) is 15.6. The molecular formula is C20H16BrF2NO2. The molecule has 2 aromatic carbocycles. The summed E-state index contributed by atoms with van der Waals surface area (Å²) < 4.78 is 34.2. The van der Waals surface area contributed by atoms with Crippen molar-refractivity contribution in [2.24, 2.45) is 0 Å². The van der Waals surface area contributed by atoms with E-state index in [4.69, 9.17) is 4.74 Å². The van der Waals surface area contributed by atoms with Gasteiger partial charge >= 0.3 is 0 Å². The van der Waals surface area contributed by atoms with Crippen LogP contribution in [0.5, 0.6) is 5.75 Å². The Hall–Kier alpha value is -2.47. The summed E-state index contributed by atoms with van der Waals surface area (Å²) in [5.41, 5.74) is 1.70. The minimum absolute atomic E-state index is 0.105. The van der Waals surface area contributed by atoms with E-state index in [-0.39, 0.29) is 22.2 Å². The fraction of sp³-hybridized carbons (Fsp3) is 0.150. The van der Waals surface area contributed by atoms with Gasteiger partial charge in [-0.25, -0.2) is 8.78 Å². The molecule has 0 fully saturated rings. The van der Waals surface area contributed by atoms with Crippen molar-refractivity contribution in [2.45, 2.75) is 20.1 Å². The SMILES string of the molecule is Cc1cc(OCc2ccc(F)cc2F)c(Br)c(=O)n1Cc1ccccc1. The van der Waals surface area contributed by atoms with E-state index in [1.807, 2.05) is 37.3 Å². The van der Waals surface area contributed by atoms with Gasteiger partial charge in [-0.3, -0.25) is 4.79 Å². The zero-order chi connectivity index (χ0) is 18.7. The van der Waals surface area contributed by atoms with Gasteiger partial charge in [0.1, 0.15) is 28.5 Å². The number of rotatable bonds is 5. The van der Waals surface area contributed by atoms with Crippen LogP contribution >= 0.6 is 15.9 Å². The summed E-state index contributed by atoms with van der Waals surface area (Å²) in [4.78, 5) is 12.7. The normalized spacial score (nSPS) is 10.8. The number of ether oxygens (including phenoxy) is 1. The molecule has 26 heavy (non-hydrogen) atoms. The molecule has 3 rings (SSSR count). The molecule has 0 saturated heterocycles. The van der Waals surface area contributed by atoms with E-state index in [0.717, 1.165) is 17.3 Å². The van der Waals surface area contributed by atoms with E-state index in [0.29, 0.717) is 12.3 Å². The summed E-state index contributed by atoms with van der Waals surface area (Å²) in [5, 5.41) is 0. The maximum Gasteiger partial charge on any atom is 0.269 e. The summed E-state index contributed by atoms with van der Waals surface area (Å²) in [6.07, 6.45) is 0. The highest BCUT2D eigenvalue weighted by atomic mass is 79.9. The second-order valence-electron chi connectivity index (χ2n) is 5.87. The van der Waals surface area contributed by atoms with Gasteiger partial charge < -0.3 is 9.30 Å². The van der Waals surface area contributed by atoms with Crippen LogP contribution in [0.1, 0.15) is 16.8 Å². The third-order valence-corrected chi connectivity index (χ3v) is 4.73. The maximum absolute atomic E-state index is 13.7. The first-order valence-electron chi connectivity index (χ1n) is 7.96. The molecule has 0 atom stereocenters. The summed E-state index contributed by atoms with van der Waals surface area (Å²) in [7, 11) is 0. The smallest absolute Gasteiger partial charge is 0.269 e. The lowest BCUT2D eigenvalue weighted by atomic mass is 10.2. The fourth-order valence-corrected chi connectivity index (χ4v) is 3.02. The average Bonchev–Trinajstić information content (AvgIpc) is 2.63. The van der Waals surface area contributed by atoms with Crippen molar-refractivity contribution < 1.29 is 13.5 Å². The number of benzene rings is 2. The fourth-order valence-electron chi connectivity index (χ4n) is 2.58. The van der Waals surface area contributed by atoms with Crippen LogP contribution in [0.4, 0.5) is 8.78 Å². The average molecular weight is 420 g/mol. The molecule has 0 radical (unpaired) electrons. The number of pyridine rings is 1. The summed E-state index contributed by atoms with van der Waals surface area (Å²) in [5.74, 6) is -1.01. The number of aryl methyl sites for hydroxylation is 1. The number of halogens is 3. The molecular weight excluding hydrogens is 404 g/mol. The predicted molar refractivity (Wildman–Crippen MR) is 99.4 cm³/mol. The lowest BCUT2D eigenvalue weighted by molar-refractivity contribution is 0.296. The van der Waals surface area contributed by atoms with E-state index >= 15 is 0 Å². The largest absolute Gasteiger partial charge is 0.487 e. The van der Waals surface area contributed by atoms with Gasteiger partial charge in [0, 0.05) is 23.4 Å². The Morgan fingerprint density at radius 1 is 1.08 bits per heavy atom. The highest BCUT2D eigenvalue weighted by molar-refractivity contribution is 9.10. The maximum atomic E-state index is 13.7. The topological polar surface area (TPSA) is 31.2 Å². The molecule has 0 aliphatic rings. The zero-order valence-electron chi connectivity index (χ0n) is 14.0. The Balaban J connectivity index is 1.84. The van der Waals surface area contributed by atoms with E-state index in [1.54, 1.807) is 10.6 Å². The second kappa shape index (κ2) is 7.83. The monoisotopic (exact) mass is 419 g/mol. The van der Waals surface area contributed by atoms with Crippen LogP contribution in [0.25, 0.3) is 0 Å². The molecule has 0 aliphatic carbocycles. The Bertz CT molecular complexity index is 987. The van der Waals surface area contributed by atoms with E-state index < -0.39 is 11.6 Å². The molecule has 0 aliphatic heterocycles. The summed E-state index contributed by atoms with van der Waals surface area (Å²) in [6, 6.07) is 14.6. The van der Waals surface area contributed by atoms with Gasteiger partial charge in [0.15, 0.2) is 0 Å². The molecule has 3 aromatic rings. The molecule has 0 bridgehead atoms. The molecule has 0 amide bonds. The number of hydrogen-bond donors (Lipinski definition) is 0. The van der Waals surface area contributed by atoms with Crippen LogP contribution in [0.2, 0.25) is 0 Å². The number of hydrogen-bond acceptors (Lipinski definition) is 2. The van der Waals surface area contributed by atoms with Crippen LogP contribution in [0.3, 0.4) is 0 Å². The molecule has 134 valence electrons. The van der Waals surface area contributed by atoms with E-state index in [1.165, 1.54) is 12.1 Å². The third kappa shape index (κ3) is 4.02. The minimum Gasteiger partial charge on any atom is -0.487 e. The van der Waals surface area contributed by atoms with E-state index in [2.05, 4.69) is 15.9 Å². The van der Waals surface area contributed by atoms with Gasteiger partial charge in [-0.05, 0) is 40.5 Å². The molecule has 0 saturated carbocycles. The van der Waals surface area contributed by atoms with Crippen molar-refractivity contribution in [1.29, 1.82) is 0 Å². The minimum atomic E-state index is -0.685. The molecule has 3 nitrogen and oxygen atoms in total. The number of aromatic nitrogens is 1. The van der Waals surface area contributed by atoms with Crippen LogP contribution in [0.15, 0.2) is 63.9 Å². The highest BCUT2D eigenvalue weighted by Crippen LogP contribution is 2.24. The Morgan fingerprint density at radius 3 is 2.50 bits per heavy atom. The lowest BCUT2D eigenvalue weighted by Crippen LogP contribution is -2.24. The predicted octanol–water partition coefficient (Wildman–Crippen LogP) is 4.82. The van der Waals surface area contributed by atoms with Crippen molar-refractivity contribution in [3.8, 4) is 5.75 Å². The van der Waals surface area contributed by atoms with Gasteiger partial charge in [0.05, 0.1) is 6.54 Å². The lowest BCUT2D eigenvalue weighted by Gasteiger charge is -2.15. The van der Waals surface area contributed by atoms with Crippen LogP contribution in [-0.2, 0) is 13.2 Å². The van der Waals surface area contributed by atoms with Gasteiger partial charge in [-0.2, -0.15) is 0 Å². The van der Waals surface area contributed by atoms with Gasteiger partial charge in [0.2, 0.25) is 0 Å². The molecule has 1 aromatic heterocycles. The number of nitrogens with zero attached hydrogens (tertiary/aromatic N) is 1. The van der Waals surface area contributed by atoms with E-state index in [9.17, 15) is 13.6 Å². The van der Waals surface area contributed by atoms with Crippen molar-refractivity contribution in [2.75, 3.05) is 0 Å². The van der Waals surface area contributed by atoms with Gasteiger partial charge in [-0.15, -0.1) is 0 Å². The Morgan fingerprint density at radius 2 is 1.81 bits per heavy atom.